The van der Waals surface area contributed by atoms with Gasteiger partial charge in [-0.05, 0) is 175 Å². The van der Waals surface area contributed by atoms with Crippen molar-refractivity contribution in [2.24, 2.45) is 0 Å². The quantitative estimate of drug-likeness (QED) is 0.0573. The second-order valence-electron chi connectivity index (χ2n) is 19.5. The normalized spacial score (nSPS) is 11.1. The largest absolute Gasteiger partial charge is 0.460 e. The summed E-state index contributed by atoms with van der Waals surface area (Å²) in [6.45, 7) is 1.70. The monoisotopic (exact) mass is 1310 g/mol. The lowest BCUT2D eigenvalue weighted by Crippen LogP contribution is -2.17. The van der Waals surface area contributed by atoms with Gasteiger partial charge < -0.3 is 33.1 Å². The molecule has 0 atom stereocenters. The first-order valence-electron chi connectivity index (χ1n) is 27.3. The first kappa shape index (κ1) is 64.9. The standard InChI is InChI=1S/C26H17F3N2O4.C22H13F3N2O.C14H7BrF3NO.C8H7N/c1-2-34-25(33)24(32)21-15-31(23-6-4-3-5-20(21)23)17-7-9-18(10-8-17)35-19-11-12-22(26(27,28)29)16(13-19)14-30;23-22(24,25)20-10-9-19(13-16(20)14-26)28-18-7-5-17(6-8-18)27-12-11-15-3-1-2-4-21(15)27;15-10-1-3-11(4-2-10)20-12-5-6-13(14(16,17)18)9(7-12)8-19;1-2-4-8-7(3-1)5-6-9-8/h3-13,15H,2H2,1H3;1-13H;1-7H;1-6,9H. The Morgan fingerprint density at radius 3 is 1.35 bits per heavy atom. The number of carbonyl (C=O) groups is 2. The summed E-state index contributed by atoms with van der Waals surface area (Å²) in [6.07, 6.45) is -8.31. The fraction of sp³-hybridized carbons (Fsp3) is 0.0714. The Hall–Kier alpha value is -11.5. The highest BCUT2D eigenvalue weighted by Gasteiger charge is 2.36. The number of nitrogens with one attached hydrogen (secondary N) is 1. The van der Waals surface area contributed by atoms with Crippen LogP contribution < -0.4 is 14.2 Å². The van der Waals surface area contributed by atoms with Gasteiger partial charge in [-0.1, -0.05) is 70.5 Å². The SMILES string of the molecule is CCOC(=O)C(=O)c1cn(-c2ccc(Oc3ccc(C(F)(F)F)c(C#N)c3)cc2)c2ccccc12.N#Cc1cc(Oc2ccc(-n3ccc4ccccc43)cc2)ccc1C(F)(F)F.N#Cc1cc(Oc2ccc(Br)cc2)ccc1C(F)(F)F.c1ccc2[nH]ccc2c1. The van der Waals surface area contributed by atoms with E-state index >= 15 is 0 Å². The number of benzene rings is 9. The van der Waals surface area contributed by atoms with E-state index in [1.807, 2.05) is 71.6 Å². The van der Waals surface area contributed by atoms with Gasteiger partial charge in [-0.3, -0.25) is 4.79 Å². The maximum absolute atomic E-state index is 13.0. The highest BCUT2D eigenvalue weighted by atomic mass is 79.9. The van der Waals surface area contributed by atoms with E-state index in [0.29, 0.717) is 33.8 Å². The van der Waals surface area contributed by atoms with Crippen LogP contribution in [0.2, 0.25) is 0 Å². The minimum Gasteiger partial charge on any atom is -0.460 e. The van der Waals surface area contributed by atoms with Gasteiger partial charge in [0.25, 0.3) is 5.78 Å². The Kier molecular flexibility index (Phi) is 20.0. The number of ketones is 1. The minimum absolute atomic E-state index is 0.0797. The molecule has 22 heteroatoms. The number of carbonyl (C=O) groups excluding carboxylic acids is 2. The lowest BCUT2D eigenvalue weighted by atomic mass is 10.1. The number of para-hydroxylation sites is 3. The summed E-state index contributed by atoms with van der Waals surface area (Å²) < 4.78 is 142. The minimum atomic E-state index is -4.64. The molecule has 0 bridgehead atoms. The predicted octanol–water partition coefficient (Wildman–Crippen LogP) is 19.7. The number of esters is 1. The molecule has 1 N–H and O–H groups in total. The molecule has 0 aliphatic rings. The van der Waals surface area contributed by atoms with Crippen LogP contribution in [0.4, 0.5) is 39.5 Å². The van der Waals surface area contributed by atoms with Crippen LogP contribution in [0.25, 0.3) is 44.1 Å². The van der Waals surface area contributed by atoms with Gasteiger partial charge >= 0.3 is 24.5 Å². The third kappa shape index (κ3) is 15.8. The van der Waals surface area contributed by atoms with Crippen LogP contribution in [0.15, 0.2) is 235 Å². The van der Waals surface area contributed by atoms with Crippen LogP contribution in [0, 0.1) is 34.0 Å². The molecule has 460 valence electrons. The fourth-order valence-corrected chi connectivity index (χ4v) is 9.49. The van der Waals surface area contributed by atoms with Crippen LogP contribution in [0.5, 0.6) is 34.5 Å². The van der Waals surface area contributed by atoms with Crippen LogP contribution in [0.3, 0.4) is 0 Å². The van der Waals surface area contributed by atoms with Crippen molar-refractivity contribution in [2.75, 3.05) is 6.61 Å². The average Bonchev–Trinajstić information content (AvgIpc) is 1.66. The zero-order valence-electron chi connectivity index (χ0n) is 47.6. The van der Waals surface area contributed by atoms with Crippen molar-refractivity contribution >= 4 is 60.4 Å². The van der Waals surface area contributed by atoms with Gasteiger partial charge in [-0.2, -0.15) is 55.3 Å². The number of alkyl halides is 9. The van der Waals surface area contributed by atoms with Crippen LogP contribution in [-0.2, 0) is 28.1 Å². The molecule has 0 aliphatic carbocycles. The molecule has 9 aromatic carbocycles. The lowest BCUT2D eigenvalue weighted by Gasteiger charge is -2.12. The molecule has 0 fully saturated rings. The maximum atomic E-state index is 13.0. The number of Topliss-reactive ketones (excluding diaryl/α,β-unsaturated/α-hetero) is 1. The third-order valence-electron chi connectivity index (χ3n) is 13.5. The molecule has 0 saturated heterocycles. The van der Waals surface area contributed by atoms with Gasteiger partial charge in [0, 0.05) is 45.3 Å². The Labute approximate surface area is 526 Å². The predicted molar refractivity (Wildman–Crippen MR) is 329 cm³/mol. The molecule has 0 amide bonds. The van der Waals surface area contributed by atoms with E-state index in [1.165, 1.54) is 35.2 Å². The summed E-state index contributed by atoms with van der Waals surface area (Å²) in [5, 5.41) is 29.8. The maximum Gasteiger partial charge on any atom is 0.417 e. The summed E-state index contributed by atoms with van der Waals surface area (Å²) in [5.41, 5.74) is 0.297. The Bertz CT molecular complexity index is 4720. The molecule has 0 aliphatic heterocycles. The molecular formula is C70H44BrF9N6O6. The lowest BCUT2D eigenvalue weighted by molar-refractivity contribution is -0.138. The van der Waals surface area contributed by atoms with Gasteiger partial charge in [-0.25, -0.2) is 4.79 Å². The number of nitriles is 3. The van der Waals surface area contributed by atoms with Crippen molar-refractivity contribution in [3.05, 3.63) is 274 Å². The zero-order valence-corrected chi connectivity index (χ0v) is 49.2. The van der Waals surface area contributed by atoms with Gasteiger partial charge in [0.15, 0.2) is 0 Å². The molecule has 3 aromatic heterocycles. The summed E-state index contributed by atoms with van der Waals surface area (Å²) in [7, 11) is 0. The zero-order chi connectivity index (χ0) is 65.7. The highest BCUT2D eigenvalue weighted by molar-refractivity contribution is 9.10. The topological polar surface area (TPSA) is 168 Å². The molecule has 0 spiro atoms. The van der Waals surface area contributed by atoms with Crippen molar-refractivity contribution in [1.82, 2.24) is 14.1 Å². The molecule has 3 heterocycles. The molecule has 0 saturated carbocycles. The molecular weight excluding hydrogens is 1270 g/mol. The van der Waals surface area contributed by atoms with E-state index in [4.69, 9.17) is 34.7 Å². The van der Waals surface area contributed by atoms with Crippen molar-refractivity contribution in [3.8, 4) is 64.1 Å². The summed E-state index contributed by atoms with van der Waals surface area (Å²) in [6, 6.07) is 61.8. The molecule has 12 rings (SSSR count). The number of fused-ring (bicyclic) bond motifs is 3. The van der Waals surface area contributed by atoms with Gasteiger partial charge in [-0.15, -0.1) is 0 Å². The number of nitrogens with zero attached hydrogens (tertiary/aromatic N) is 5. The van der Waals surface area contributed by atoms with Crippen molar-refractivity contribution in [1.29, 1.82) is 15.8 Å². The van der Waals surface area contributed by atoms with Crippen molar-refractivity contribution in [2.45, 2.75) is 25.5 Å². The van der Waals surface area contributed by atoms with Crippen molar-refractivity contribution in [3.63, 3.8) is 0 Å². The van der Waals surface area contributed by atoms with Crippen LogP contribution >= 0.6 is 15.9 Å². The van der Waals surface area contributed by atoms with Gasteiger partial charge in [0.1, 0.15) is 34.5 Å². The molecule has 12 aromatic rings. The smallest absolute Gasteiger partial charge is 0.417 e. The van der Waals surface area contributed by atoms with Crippen molar-refractivity contribution < 1.29 is 68.1 Å². The molecule has 0 unspecified atom stereocenters. The number of halogens is 10. The third-order valence-corrected chi connectivity index (χ3v) is 14.0. The Balaban J connectivity index is 0.000000156. The Morgan fingerprint density at radius 1 is 0.478 bits per heavy atom. The number of aromatic nitrogens is 3. The van der Waals surface area contributed by atoms with Gasteiger partial charge in [0.05, 0.1) is 74.8 Å². The number of aromatic amines is 1. The molecule has 92 heavy (non-hydrogen) atoms. The average molecular weight is 1320 g/mol. The van der Waals surface area contributed by atoms with E-state index in [1.54, 1.807) is 109 Å². The Morgan fingerprint density at radius 2 is 0.891 bits per heavy atom. The van der Waals surface area contributed by atoms with Crippen LogP contribution in [0.1, 0.15) is 50.7 Å². The number of H-pyrrole nitrogens is 1. The summed E-state index contributed by atoms with van der Waals surface area (Å²) >= 11 is 3.26. The van der Waals surface area contributed by atoms with E-state index in [9.17, 15) is 49.1 Å². The van der Waals surface area contributed by atoms with E-state index in [-0.39, 0.29) is 29.4 Å². The first-order valence-corrected chi connectivity index (χ1v) is 28.1. The van der Waals surface area contributed by atoms with Crippen LogP contribution in [-0.4, -0.2) is 32.5 Å². The van der Waals surface area contributed by atoms with Gasteiger partial charge in [0.2, 0.25) is 0 Å². The van der Waals surface area contributed by atoms with E-state index in [0.717, 1.165) is 63.5 Å². The fourth-order valence-electron chi connectivity index (χ4n) is 9.22. The summed E-state index contributed by atoms with van der Waals surface area (Å²) in [5.74, 6) is -0.00111. The highest BCUT2D eigenvalue weighted by Crippen LogP contribution is 2.38. The second kappa shape index (κ2) is 28.3. The van der Waals surface area contributed by atoms with E-state index < -0.39 is 63.7 Å². The second-order valence-corrected chi connectivity index (χ2v) is 20.4. The number of ether oxygens (including phenoxy) is 4. The van der Waals surface area contributed by atoms with E-state index in [2.05, 4.69) is 39.1 Å². The summed E-state index contributed by atoms with van der Waals surface area (Å²) in [4.78, 5) is 27.7. The number of hydrogen-bond donors (Lipinski definition) is 1. The number of hydrogen-bond acceptors (Lipinski definition) is 9. The first-order chi connectivity index (χ1) is 44.0. The molecule has 12 nitrogen and oxygen atoms in total. The number of rotatable bonds is 11. The molecule has 0 radical (unpaired) electrons.